The Labute approximate surface area is 86.4 Å². The molecule has 0 aromatic rings. The van der Waals surface area contributed by atoms with Crippen molar-refractivity contribution in [1.29, 1.82) is 0 Å². The van der Waals surface area contributed by atoms with Gasteiger partial charge >= 0.3 is 0 Å². The first-order valence-electron chi connectivity index (χ1n) is 5.56. The Bertz CT molecular complexity index is 161. The third kappa shape index (κ3) is 2.94. The molecule has 0 aromatic heterocycles. The Morgan fingerprint density at radius 1 is 1.43 bits per heavy atom. The molecule has 0 amide bonds. The third-order valence-electron chi connectivity index (χ3n) is 2.91. The van der Waals surface area contributed by atoms with E-state index in [1.54, 1.807) is 7.11 Å². The molecule has 14 heavy (non-hydrogen) atoms. The van der Waals surface area contributed by atoms with E-state index in [0.717, 1.165) is 38.7 Å². The zero-order valence-electron chi connectivity index (χ0n) is 9.29. The van der Waals surface area contributed by atoms with E-state index >= 15 is 0 Å². The highest BCUT2D eigenvalue weighted by atomic mass is 16.5. The Balaban J connectivity index is 2.41. The van der Waals surface area contributed by atoms with Crippen molar-refractivity contribution >= 4 is 0 Å². The normalized spacial score (nSPS) is 33.2. The van der Waals surface area contributed by atoms with Crippen molar-refractivity contribution in [2.24, 2.45) is 0 Å². The summed E-state index contributed by atoms with van der Waals surface area (Å²) in [6.45, 7) is 3.21. The molecule has 0 saturated heterocycles. The molecule has 2 unspecified atom stereocenters. The van der Waals surface area contributed by atoms with Gasteiger partial charge in [0.15, 0.2) is 0 Å². The van der Waals surface area contributed by atoms with Gasteiger partial charge in [-0.3, -0.25) is 0 Å². The highest BCUT2D eigenvalue weighted by Gasteiger charge is 2.39. The second-order valence-electron chi connectivity index (χ2n) is 4.13. The first kappa shape index (κ1) is 12.0. The van der Waals surface area contributed by atoms with Crippen LogP contribution in [-0.2, 0) is 9.47 Å². The van der Waals surface area contributed by atoms with Gasteiger partial charge in [0.05, 0.1) is 12.7 Å². The third-order valence-corrected chi connectivity index (χ3v) is 2.91. The fourth-order valence-electron chi connectivity index (χ4n) is 2.09. The van der Waals surface area contributed by atoms with Crippen LogP contribution in [0.25, 0.3) is 0 Å². The molecule has 0 bridgehead atoms. The SMILES string of the molecule is CCCOCC1(O)CCCCC1OC. The molecule has 3 heteroatoms. The van der Waals surface area contributed by atoms with Crippen molar-refractivity contribution in [3.8, 4) is 0 Å². The Morgan fingerprint density at radius 2 is 2.21 bits per heavy atom. The van der Waals surface area contributed by atoms with Crippen LogP contribution in [0.4, 0.5) is 0 Å². The topological polar surface area (TPSA) is 38.7 Å². The fourth-order valence-corrected chi connectivity index (χ4v) is 2.09. The van der Waals surface area contributed by atoms with Gasteiger partial charge in [0, 0.05) is 13.7 Å². The summed E-state index contributed by atoms with van der Waals surface area (Å²) in [5.41, 5.74) is -0.748. The van der Waals surface area contributed by atoms with Gasteiger partial charge in [-0.15, -0.1) is 0 Å². The van der Waals surface area contributed by atoms with Gasteiger partial charge in [0.1, 0.15) is 5.60 Å². The quantitative estimate of drug-likeness (QED) is 0.690. The molecule has 1 fully saturated rings. The van der Waals surface area contributed by atoms with Gasteiger partial charge in [-0.2, -0.15) is 0 Å². The van der Waals surface area contributed by atoms with E-state index in [9.17, 15) is 5.11 Å². The van der Waals surface area contributed by atoms with E-state index in [-0.39, 0.29) is 6.10 Å². The Hall–Kier alpha value is -0.120. The van der Waals surface area contributed by atoms with Crippen LogP contribution in [0, 0.1) is 0 Å². The first-order chi connectivity index (χ1) is 6.73. The summed E-state index contributed by atoms with van der Waals surface area (Å²) in [5, 5.41) is 10.3. The standard InChI is InChI=1S/C11H22O3/c1-3-8-14-9-11(12)7-5-4-6-10(11)13-2/h10,12H,3-9H2,1-2H3. The summed E-state index contributed by atoms with van der Waals surface area (Å²) < 4.78 is 10.7. The van der Waals surface area contributed by atoms with E-state index in [1.807, 2.05) is 0 Å². The molecule has 2 atom stereocenters. The van der Waals surface area contributed by atoms with Gasteiger partial charge in [0.25, 0.3) is 0 Å². The van der Waals surface area contributed by atoms with Crippen LogP contribution in [-0.4, -0.2) is 37.1 Å². The summed E-state index contributed by atoms with van der Waals surface area (Å²) in [5.74, 6) is 0. The largest absolute Gasteiger partial charge is 0.385 e. The van der Waals surface area contributed by atoms with Crippen molar-refractivity contribution in [2.45, 2.75) is 50.7 Å². The molecule has 1 rings (SSSR count). The number of hydrogen-bond acceptors (Lipinski definition) is 3. The maximum Gasteiger partial charge on any atom is 0.114 e. The second kappa shape index (κ2) is 5.69. The van der Waals surface area contributed by atoms with Crippen molar-refractivity contribution in [2.75, 3.05) is 20.3 Å². The molecule has 1 aliphatic carbocycles. The zero-order valence-corrected chi connectivity index (χ0v) is 9.29. The molecule has 3 nitrogen and oxygen atoms in total. The minimum atomic E-state index is -0.748. The number of methoxy groups -OCH3 is 1. The van der Waals surface area contributed by atoms with Crippen molar-refractivity contribution in [3.05, 3.63) is 0 Å². The molecular weight excluding hydrogens is 180 g/mol. The Kier molecular flexibility index (Phi) is 4.85. The number of aliphatic hydroxyl groups is 1. The smallest absolute Gasteiger partial charge is 0.114 e. The van der Waals surface area contributed by atoms with Crippen molar-refractivity contribution < 1.29 is 14.6 Å². The average molecular weight is 202 g/mol. The van der Waals surface area contributed by atoms with Crippen LogP contribution >= 0.6 is 0 Å². The molecule has 1 saturated carbocycles. The van der Waals surface area contributed by atoms with E-state index in [1.165, 1.54) is 0 Å². The molecule has 1 N–H and O–H groups in total. The molecule has 0 aromatic carbocycles. The minimum absolute atomic E-state index is 0.0480. The van der Waals surface area contributed by atoms with Crippen LogP contribution < -0.4 is 0 Å². The Morgan fingerprint density at radius 3 is 2.86 bits per heavy atom. The maximum absolute atomic E-state index is 10.3. The molecule has 0 spiro atoms. The van der Waals surface area contributed by atoms with Gasteiger partial charge in [-0.25, -0.2) is 0 Å². The predicted molar refractivity (Wildman–Crippen MR) is 55.3 cm³/mol. The summed E-state index contributed by atoms with van der Waals surface area (Å²) >= 11 is 0. The van der Waals surface area contributed by atoms with Crippen molar-refractivity contribution in [3.63, 3.8) is 0 Å². The number of ether oxygens (including phenoxy) is 2. The molecule has 1 aliphatic rings. The highest BCUT2D eigenvalue weighted by molar-refractivity contribution is 4.90. The molecule has 84 valence electrons. The van der Waals surface area contributed by atoms with Gasteiger partial charge < -0.3 is 14.6 Å². The van der Waals surface area contributed by atoms with Crippen LogP contribution in [0.2, 0.25) is 0 Å². The summed E-state index contributed by atoms with van der Waals surface area (Å²) in [7, 11) is 1.67. The van der Waals surface area contributed by atoms with Gasteiger partial charge in [-0.05, 0) is 19.3 Å². The average Bonchev–Trinajstić information content (AvgIpc) is 2.19. The first-order valence-corrected chi connectivity index (χ1v) is 5.56. The number of hydrogen-bond donors (Lipinski definition) is 1. The van der Waals surface area contributed by atoms with E-state index in [2.05, 4.69) is 6.92 Å². The lowest BCUT2D eigenvalue weighted by atomic mass is 9.82. The minimum Gasteiger partial charge on any atom is -0.385 e. The van der Waals surface area contributed by atoms with Crippen LogP contribution in [0.15, 0.2) is 0 Å². The van der Waals surface area contributed by atoms with Crippen LogP contribution in [0.1, 0.15) is 39.0 Å². The van der Waals surface area contributed by atoms with Crippen LogP contribution in [0.5, 0.6) is 0 Å². The zero-order chi connectivity index (χ0) is 10.4. The summed E-state index contributed by atoms with van der Waals surface area (Å²) in [6.07, 6.45) is 4.92. The lowest BCUT2D eigenvalue weighted by Crippen LogP contribution is -2.49. The predicted octanol–water partition coefficient (Wildman–Crippen LogP) is 1.73. The van der Waals surface area contributed by atoms with Gasteiger partial charge in [0.2, 0.25) is 0 Å². The molecular formula is C11H22O3. The number of rotatable bonds is 5. The van der Waals surface area contributed by atoms with Crippen molar-refractivity contribution in [1.82, 2.24) is 0 Å². The molecule has 0 aliphatic heterocycles. The molecule has 0 radical (unpaired) electrons. The van der Waals surface area contributed by atoms with Gasteiger partial charge in [-0.1, -0.05) is 19.8 Å². The van der Waals surface area contributed by atoms with Crippen LogP contribution in [0.3, 0.4) is 0 Å². The fraction of sp³-hybridized carbons (Fsp3) is 1.00. The van der Waals surface area contributed by atoms with E-state index < -0.39 is 5.60 Å². The molecule has 0 heterocycles. The lowest BCUT2D eigenvalue weighted by Gasteiger charge is -2.38. The monoisotopic (exact) mass is 202 g/mol. The summed E-state index contributed by atoms with van der Waals surface area (Å²) in [4.78, 5) is 0. The van der Waals surface area contributed by atoms with E-state index in [0.29, 0.717) is 6.61 Å². The highest BCUT2D eigenvalue weighted by Crippen LogP contribution is 2.30. The van der Waals surface area contributed by atoms with E-state index in [4.69, 9.17) is 9.47 Å². The summed E-state index contributed by atoms with van der Waals surface area (Å²) in [6, 6.07) is 0. The maximum atomic E-state index is 10.3. The second-order valence-corrected chi connectivity index (χ2v) is 4.13. The lowest BCUT2D eigenvalue weighted by molar-refractivity contribution is -0.151.